The summed E-state index contributed by atoms with van der Waals surface area (Å²) in [7, 11) is 1.38. The second kappa shape index (κ2) is 5.75. The van der Waals surface area contributed by atoms with Crippen molar-refractivity contribution in [1.82, 2.24) is 4.98 Å². The van der Waals surface area contributed by atoms with Crippen molar-refractivity contribution in [1.29, 1.82) is 0 Å². The lowest BCUT2D eigenvalue weighted by Gasteiger charge is -2.10. The summed E-state index contributed by atoms with van der Waals surface area (Å²) in [5.41, 5.74) is 6.04. The summed E-state index contributed by atoms with van der Waals surface area (Å²) in [4.78, 5) is 15.8. The van der Waals surface area contributed by atoms with Crippen molar-refractivity contribution in [2.24, 2.45) is 0 Å². The molecule has 7 heteroatoms. The third-order valence-corrected chi connectivity index (χ3v) is 2.85. The van der Waals surface area contributed by atoms with Crippen LogP contribution in [-0.2, 0) is 0 Å². The minimum absolute atomic E-state index is 0.141. The SMILES string of the molecule is COc1cc(F)ccc1NC(=O)c1cnc(N)c(Cl)c1. The Kier molecular flexibility index (Phi) is 4.05. The number of nitrogens with one attached hydrogen (secondary N) is 1. The molecule has 104 valence electrons. The van der Waals surface area contributed by atoms with Crippen LogP contribution < -0.4 is 15.8 Å². The van der Waals surface area contributed by atoms with Gasteiger partial charge in [0, 0.05) is 12.3 Å². The number of anilines is 2. The maximum Gasteiger partial charge on any atom is 0.257 e. The molecule has 0 aliphatic heterocycles. The van der Waals surface area contributed by atoms with E-state index in [1.165, 1.54) is 37.6 Å². The zero-order valence-corrected chi connectivity index (χ0v) is 11.2. The van der Waals surface area contributed by atoms with Crippen LogP contribution in [0, 0.1) is 5.82 Å². The molecule has 1 aromatic heterocycles. The molecule has 3 N–H and O–H groups in total. The smallest absolute Gasteiger partial charge is 0.257 e. The first-order valence-electron chi connectivity index (χ1n) is 5.57. The van der Waals surface area contributed by atoms with Gasteiger partial charge in [-0.15, -0.1) is 0 Å². The van der Waals surface area contributed by atoms with E-state index in [4.69, 9.17) is 22.1 Å². The van der Waals surface area contributed by atoms with Gasteiger partial charge in [0.1, 0.15) is 17.4 Å². The molecule has 2 aromatic rings. The molecule has 0 unspecified atom stereocenters. The first-order valence-corrected chi connectivity index (χ1v) is 5.95. The lowest BCUT2D eigenvalue weighted by molar-refractivity contribution is 0.102. The van der Waals surface area contributed by atoms with Crippen LogP contribution >= 0.6 is 11.6 Å². The summed E-state index contributed by atoms with van der Waals surface area (Å²) in [5.74, 6) is -0.559. The zero-order valence-electron chi connectivity index (χ0n) is 10.5. The second-order valence-corrected chi connectivity index (χ2v) is 4.30. The zero-order chi connectivity index (χ0) is 14.7. The summed E-state index contributed by atoms with van der Waals surface area (Å²) in [6, 6.07) is 5.18. The molecule has 0 saturated heterocycles. The molecule has 20 heavy (non-hydrogen) atoms. The summed E-state index contributed by atoms with van der Waals surface area (Å²) >= 11 is 5.80. The maximum atomic E-state index is 13.1. The van der Waals surface area contributed by atoms with Crippen molar-refractivity contribution in [3.63, 3.8) is 0 Å². The summed E-state index contributed by atoms with van der Waals surface area (Å²) in [5, 5.41) is 2.77. The average molecular weight is 296 g/mol. The molecule has 1 amide bonds. The number of aromatic nitrogens is 1. The van der Waals surface area contributed by atoms with E-state index in [1.54, 1.807) is 0 Å². The Bertz CT molecular complexity index is 664. The van der Waals surface area contributed by atoms with Gasteiger partial charge < -0.3 is 15.8 Å². The van der Waals surface area contributed by atoms with E-state index in [2.05, 4.69) is 10.3 Å². The van der Waals surface area contributed by atoms with Crippen molar-refractivity contribution in [3.05, 3.63) is 46.9 Å². The molecule has 1 aromatic carbocycles. The fourth-order valence-corrected chi connectivity index (χ4v) is 1.70. The number of amides is 1. The number of carbonyl (C=O) groups excluding carboxylic acids is 1. The van der Waals surface area contributed by atoms with Crippen molar-refractivity contribution in [3.8, 4) is 5.75 Å². The van der Waals surface area contributed by atoms with E-state index in [-0.39, 0.29) is 22.2 Å². The Morgan fingerprint density at radius 2 is 2.20 bits per heavy atom. The molecule has 0 radical (unpaired) electrons. The monoisotopic (exact) mass is 295 g/mol. The van der Waals surface area contributed by atoms with Crippen LogP contribution in [0.5, 0.6) is 5.75 Å². The van der Waals surface area contributed by atoms with E-state index in [0.717, 1.165) is 0 Å². The van der Waals surface area contributed by atoms with Crippen LogP contribution in [0.15, 0.2) is 30.5 Å². The van der Waals surface area contributed by atoms with E-state index in [1.807, 2.05) is 0 Å². The van der Waals surface area contributed by atoms with Crippen LogP contribution in [0.3, 0.4) is 0 Å². The normalized spacial score (nSPS) is 10.2. The fraction of sp³-hybridized carbons (Fsp3) is 0.0769. The molecule has 1 heterocycles. The third kappa shape index (κ3) is 2.97. The predicted molar refractivity (Wildman–Crippen MR) is 74.6 cm³/mol. The fourth-order valence-electron chi connectivity index (χ4n) is 1.54. The molecular weight excluding hydrogens is 285 g/mol. The summed E-state index contributed by atoms with van der Waals surface area (Å²) in [6.45, 7) is 0. The van der Waals surface area contributed by atoms with Gasteiger partial charge >= 0.3 is 0 Å². The van der Waals surface area contributed by atoms with Crippen molar-refractivity contribution in [2.75, 3.05) is 18.2 Å². The topological polar surface area (TPSA) is 77.2 Å². The Labute approximate surface area is 119 Å². The Morgan fingerprint density at radius 3 is 2.85 bits per heavy atom. The van der Waals surface area contributed by atoms with Crippen molar-refractivity contribution in [2.45, 2.75) is 0 Å². The molecule has 0 aliphatic rings. The summed E-state index contributed by atoms with van der Waals surface area (Å²) < 4.78 is 18.0. The standard InChI is InChI=1S/C13H11ClFN3O2/c1-20-11-5-8(15)2-3-10(11)18-13(19)7-4-9(14)12(16)17-6-7/h2-6H,1H3,(H2,16,17)(H,18,19). The minimum atomic E-state index is -0.461. The maximum absolute atomic E-state index is 13.1. The van der Waals surface area contributed by atoms with Crippen molar-refractivity contribution >= 4 is 29.0 Å². The van der Waals surface area contributed by atoms with Gasteiger partial charge in [-0.3, -0.25) is 4.79 Å². The van der Waals surface area contributed by atoms with Crippen LogP contribution in [0.25, 0.3) is 0 Å². The highest BCUT2D eigenvalue weighted by atomic mass is 35.5. The van der Waals surface area contributed by atoms with E-state index in [0.29, 0.717) is 5.69 Å². The number of benzene rings is 1. The molecule has 5 nitrogen and oxygen atoms in total. The highest BCUT2D eigenvalue weighted by Crippen LogP contribution is 2.26. The Balaban J connectivity index is 2.25. The van der Waals surface area contributed by atoms with E-state index in [9.17, 15) is 9.18 Å². The molecule has 0 atom stereocenters. The predicted octanol–water partition coefficient (Wildman–Crippen LogP) is 2.72. The van der Waals surface area contributed by atoms with E-state index < -0.39 is 11.7 Å². The Hall–Kier alpha value is -2.34. The number of methoxy groups -OCH3 is 1. The molecule has 0 bridgehead atoms. The average Bonchev–Trinajstić information content (AvgIpc) is 2.43. The minimum Gasteiger partial charge on any atom is -0.494 e. The number of hydrogen-bond acceptors (Lipinski definition) is 4. The molecular formula is C13H11ClFN3O2. The quantitative estimate of drug-likeness (QED) is 0.912. The van der Waals surface area contributed by atoms with Crippen molar-refractivity contribution < 1.29 is 13.9 Å². The molecule has 0 spiro atoms. The highest BCUT2D eigenvalue weighted by molar-refractivity contribution is 6.33. The number of nitrogen functional groups attached to an aromatic ring is 1. The van der Waals surface area contributed by atoms with E-state index >= 15 is 0 Å². The number of ether oxygens (including phenoxy) is 1. The molecule has 2 rings (SSSR count). The van der Waals surface area contributed by atoms with Gasteiger partial charge in [-0.1, -0.05) is 11.6 Å². The molecule has 0 fully saturated rings. The van der Waals surface area contributed by atoms with Crippen LogP contribution in [0.4, 0.5) is 15.9 Å². The number of nitrogens with two attached hydrogens (primary N) is 1. The second-order valence-electron chi connectivity index (χ2n) is 3.89. The number of pyridine rings is 1. The van der Waals surface area contributed by atoms with Crippen LogP contribution in [-0.4, -0.2) is 18.0 Å². The van der Waals surface area contributed by atoms with Gasteiger partial charge in [-0.05, 0) is 18.2 Å². The lowest BCUT2D eigenvalue weighted by atomic mass is 10.2. The first kappa shape index (κ1) is 14.1. The van der Waals surface area contributed by atoms with Gasteiger partial charge in [0.25, 0.3) is 5.91 Å². The van der Waals surface area contributed by atoms with Gasteiger partial charge in [0.15, 0.2) is 0 Å². The first-order chi connectivity index (χ1) is 9.51. The summed E-state index contributed by atoms with van der Waals surface area (Å²) in [6.07, 6.45) is 1.30. The van der Waals surface area contributed by atoms with Gasteiger partial charge in [0.2, 0.25) is 0 Å². The number of hydrogen-bond donors (Lipinski definition) is 2. The van der Waals surface area contributed by atoms with Crippen LogP contribution in [0.1, 0.15) is 10.4 Å². The number of rotatable bonds is 3. The number of halogens is 2. The van der Waals surface area contributed by atoms with Gasteiger partial charge in [-0.2, -0.15) is 0 Å². The number of carbonyl (C=O) groups is 1. The van der Waals surface area contributed by atoms with Gasteiger partial charge in [-0.25, -0.2) is 9.37 Å². The largest absolute Gasteiger partial charge is 0.494 e. The Morgan fingerprint density at radius 1 is 1.45 bits per heavy atom. The number of nitrogens with zero attached hydrogens (tertiary/aromatic N) is 1. The van der Waals surface area contributed by atoms with Gasteiger partial charge in [0.05, 0.1) is 23.4 Å². The van der Waals surface area contributed by atoms with Crippen LogP contribution in [0.2, 0.25) is 5.02 Å². The third-order valence-electron chi connectivity index (χ3n) is 2.54. The lowest BCUT2D eigenvalue weighted by Crippen LogP contribution is -2.13. The molecule has 0 saturated carbocycles. The molecule has 0 aliphatic carbocycles. The highest BCUT2D eigenvalue weighted by Gasteiger charge is 2.12.